The first kappa shape index (κ1) is 34.8. The second kappa shape index (κ2) is 18.1. The first-order valence-corrected chi connectivity index (χ1v) is 16.1. The Labute approximate surface area is 280 Å². The van der Waals surface area contributed by atoms with Crippen LogP contribution in [0.2, 0.25) is 0 Å². The quantitative estimate of drug-likeness (QED) is 0.0879. The Hall–Kier alpha value is -4.51. The van der Waals surface area contributed by atoms with Gasteiger partial charge in [-0.2, -0.15) is 0 Å². The number of rotatable bonds is 19. The van der Waals surface area contributed by atoms with Crippen LogP contribution >= 0.6 is 11.3 Å². The molecule has 3 N–H and O–H groups in total. The lowest BCUT2D eigenvalue weighted by Gasteiger charge is -2.10. The predicted molar refractivity (Wildman–Crippen MR) is 179 cm³/mol. The fourth-order valence-electron chi connectivity index (χ4n) is 4.34. The van der Waals surface area contributed by atoms with Gasteiger partial charge in [-0.15, -0.1) is 11.3 Å². The van der Waals surface area contributed by atoms with E-state index in [1.54, 1.807) is 32.4 Å². The van der Waals surface area contributed by atoms with Gasteiger partial charge in [0.2, 0.25) is 0 Å². The molecule has 48 heavy (non-hydrogen) atoms. The van der Waals surface area contributed by atoms with Crippen LogP contribution in [0.15, 0.2) is 65.4 Å². The molecule has 0 radical (unpaired) electrons. The number of urea groups is 1. The zero-order valence-corrected chi connectivity index (χ0v) is 27.4. The van der Waals surface area contributed by atoms with Crippen LogP contribution in [0.4, 0.5) is 20.7 Å². The Kier molecular flexibility index (Phi) is 13.2. The third kappa shape index (κ3) is 10.5. The van der Waals surface area contributed by atoms with Gasteiger partial charge in [-0.1, -0.05) is 11.2 Å². The fourth-order valence-corrected chi connectivity index (χ4v) is 5.38. The van der Waals surface area contributed by atoms with E-state index in [1.165, 1.54) is 29.5 Å². The molecule has 0 aliphatic rings. The van der Waals surface area contributed by atoms with E-state index in [-0.39, 0.29) is 17.3 Å². The lowest BCUT2D eigenvalue weighted by molar-refractivity contribution is 0.00408. The summed E-state index contributed by atoms with van der Waals surface area (Å²) in [6, 6.07) is 12.7. The minimum Gasteiger partial charge on any atom is -0.453 e. The van der Waals surface area contributed by atoms with Crippen molar-refractivity contribution < 1.29 is 37.4 Å². The molecule has 1 aromatic carbocycles. The van der Waals surface area contributed by atoms with Gasteiger partial charge in [0, 0.05) is 56.5 Å². The van der Waals surface area contributed by atoms with Crippen molar-refractivity contribution in [2.75, 3.05) is 70.5 Å². The molecule has 0 bridgehead atoms. The number of nitrogens with zero attached hydrogens (tertiary/aromatic N) is 3. The fraction of sp³-hybridized carbons (Fsp3) is 0.333. The topological polar surface area (TPSA) is 151 Å². The molecule has 254 valence electrons. The van der Waals surface area contributed by atoms with Crippen molar-refractivity contribution in [1.29, 1.82) is 0 Å². The molecular formula is C33H37FN6O7S. The standard InChI is InChI=1S/C33H37FN6O7S/c1-22-17-31(40-47-22)39-33(41)38-24-4-6-28(25(34)18-24)46-29-7-8-36-27-19-30(48-32(27)29)26-5-3-23(21-37-26)20-35-9-10-43-13-14-45-16-15-44-12-11-42-2/h3-8,17-19,21,35H,9-16,20H2,1-2H3,(H2,38,39,40,41). The maximum absolute atomic E-state index is 15.0. The summed E-state index contributed by atoms with van der Waals surface area (Å²) in [5.74, 6) is 0.610. The summed E-state index contributed by atoms with van der Waals surface area (Å²) in [7, 11) is 1.64. The highest BCUT2D eigenvalue weighted by Gasteiger charge is 2.15. The molecule has 2 amide bonds. The molecule has 0 atom stereocenters. The van der Waals surface area contributed by atoms with Crippen molar-refractivity contribution in [1.82, 2.24) is 20.4 Å². The minimum absolute atomic E-state index is 0.00348. The second-order valence-electron chi connectivity index (χ2n) is 10.3. The van der Waals surface area contributed by atoms with E-state index in [2.05, 4.69) is 31.1 Å². The van der Waals surface area contributed by atoms with Crippen LogP contribution in [0.25, 0.3) is 20.8 Å². The first-order chi connectivity index (χ1) is 23.5. The van der Waals surface area contributed by atoms with Crippen LogP contribution in [-0.2, 0) is 25.5 Å². The van der Waals surface area contributed by atoms with Crippen LogP contribution in [0.3, 0.4) is 0 Å². The summed E-state index contributed by atoms with van der Waals surface area (Å²) in [6.45, 7) is 6.90. The largest absolute Gasteiger partial charge is 0.453 e. The van der Waals surface area contributed by atoms with Gasteiger partial charge >= 0.3 is 6.03 Å². The predicted octanol–water partition coefficient (Wildman–Crippen LogP) is 6.02. The summed E-state index contributed by atoms with van der Waals surface area (Å²) >= 11 is 1.45. The number of ether oxygens (including phenoxy) is 5. The number of amides is 2. The highest BCUT2D eigenvalue weighted by Crippen LogP contribution is 2.39. The van der Waals surface area contributed by atoms with Crippen LogP contribution in [0, 0.1) is 12.7 Å². The lowest BCUT2D eigenvalue weighted by atomic mass is 10.2. The zero-order valence-electron chi connectivity index (χ0n) is 26.6. The number of aryl methyl sites for hydroxylation is 1. The van der Waals surface area contributed by atoms with E-state index in [0.717, 1.165) is 20.8 Å². The van der Waals surface area contributed by atoms with E-state index >= 15 is 4.39 Å². The number of carbonyl (C=O) groups excluding carboxylic acids is 1. The molecule has 5 aromatic rings. The molecule has 0 aliphatic heterocycles. The molecule has 15 heteroatoms. The molecular weight excluding hydrogens is 643 g/mol. The SMILES string of the molecule is COCCOCCOCCOCCNCc1ccc(-c2cc3nccc(Oc4ccc(NC(=O)Nc5cc(C)on5)cc4F)c3s2)nc1. The molecule has 4 heterocycles. The van der Waals surface area contributed by atoms with E-state index in [4.69, 9.17) is 28.2 Å². The Bertz CT molecular complexity index is 1750. The molecule has 0 spiro atoms. The van der Waals surface area contributed by atoms with E-state index in [9.17, 15) is 4.79 Å². The third-order valence-corrected chi connectivity index (χ3v) is 7.82. The van der Waals surface area contributed by atoms with Crippen molar-refractivity contribution in [3.8, 4) is 22.1 Å². The van der Waals surface area contributed by atoms with Gasteiger partial charge in [0.15, 0.2) is 17.4 Å². The van der Waals surface area contributed by atoms with Gasteiger partial charge in [0.25, 0.3) is 0 Å². The molecule has 0 saturated heterocycles. The van der Waals surface area contributed by atoms with E-state index < -0.39 is 11.8 Å². The Morgan fingerprint density at radius 3 is 2.40 bits per heavy atom. The third-order valence-electron chi connectivity index (χ3n) is 6.66. The number of fused-ring (bicyclic) bond motifs is 1. The van der Waals surface area contributed by atoms with Crippen LogP contribution in [-0.4, -0.2) is 81.1 Å². The Morgan fingerprint density at radius 1 is 0.896 bits per heavy atom. The molecule has 0 saturated carbocycles. The summed E-state index contributed by atoms with van der Waals surface area (Å²) in [4.78, 5) is 22.2. The molecule has 4 aromatic heterocycles. The minimum atomic E-state index is -0.645. The second-order valence-corrected chi connectivity index (χ2v) is 11.4. The molecule has 13 nitrogen and oxygen atoms in total. The number of carbonyl (C=O) groups is 1. The average Bonchev–Trinajstić information content (AvgIpc) is 3.71. The summed E-state index contributed by atoms with van der Waals surface area (Å²) < 4.78 is 47.9. The van der Waals surface area contributed by atoms with Gasteiger partial charge in [-0.3, -0.25) is 15.3 Å². The number of methoxy groups -OCH3 is 1. The number of hydrogen-bond acceptors (Lipinski definition) is 12. The van der Waals surface area contributed by atoms with Gasteiger partial charge in [0.05, 0.1) is 67.0 Å². The summed E-state index contributed by atoms with van der Waals surface area (Å²) in [5, 5.41) is 12.1. The van der Waals surface area contributed by atoms with Gasteiger partial charge in [0.1, 0.15) is 11.5 Å². The number of hydrogen-bond donors (Lipinski definition) is 3. The van der Waals surface area contributed by atoms with Gasteiger partial charge in [-0.25, -0.2) is 9.18 Å². The maximum Gasteiger partial charge on any atom is 0.324 e. The number of halogens is 1. The highest BCUT2D eigenvalue weighted by molar-refractivity contribution is 7.22. The summed E-state index contributed by atoms with van der Waals surface area (Å²) in [6.07, 6.45) is 3.44. The Balaban J connectivity index is 1.07. The van der Waals surface area contributed by atoms with Gasteiger partial charge in [-0.05, 0) is 36.8 Å². The van der Waals surface area contributed by atoms with Crippen molar-refractivity contribution in [2.24, 2.45) is 0 Å². The molecule has 5 rings (SSSR count). The van der Waals surface area contributed by atoms with E-state index in [0.29, 0.717) is 76.4 Å². The lowest BCUT2D eigenvalue weighted by Crippen LogP contribution is -2.20. The van der Waals surface area contributed by atoms with Crippen LogP contribution in [0.1, 0.15) is 11.3 Å². The maximum atomic E-state index is 15.0. The normalized spacial score (nSPS) is 11.2. The monoisotopic (exact) mass is 680 g/mol. The van der Waals surface area contributed by atoms with Crippen molar-refractivity contribution >= 4 is 39.1 Å². The first-order valence-electron chi connectivity index (χ1n) is 15.2. The Morgan fingerprint density at radius 2 is 1.69 bits per heavy atom. The number of benzene rings is 1. The van der Waals surface area contributed by atoms with Crippen molar-refractivity contribution in [3.63, 3.8) is 0 Å². The smallest absolute Gasteiger partial charge is 0.324 e. The van der Waals surface area contributed by atoms with Crippen molar-refractivity contribution in [2.45, 2.75) is 13.5 Å². The molecule has 0 aliphatic carbocycles. The van der Waals surface area contributed by atoms with Gasteiger partial charge < -0.3 is 38.8 Å². The number of nitrogens with one attached hydrogen (secondary N) is 3. The summed E-state index contributed by atoms with van der Waals surface area (Å²) in [5.41, 5.74) is 2.78. The number of aromatic nitrogens is 3. The van der Waals surface area contributed by atoms with Crippen molar-refractivity contribution in [3.05, 3.63) is 78.1 Å². The zero-order chi connectivity index (χ0) is 33.6. The average molecular weight is 681 g/mol. The highest BCUT2D eigenvalue weighted by atomic mass is 32.1. The van der Waals surface area contributed by atoms with Crippen LogP contribution in [0.5, 0.6) is 11.5 Å². The molecule has 0 fully saturated rings. The number of pyridine rings is 2. The van der Waals surface area contributed by atoms with E-state index in [1.807, 2.05) is 24.4 Å². The van der Waals surface area contributed by atoms with Crippen LogP contribution < -0.4 is 20.7 Å². The number of thiophene rings is 1. The number of anilines is 2. The molecule has 0 unspecified atom stereocenters.